The lowest BCUT2D eigenvalue weighted by Gasteiger charge is -2.13. The third-order valence-electron chi connectivity index (χ3n) is 2.48. The van der Waals surface area contributed by atoms with Gasteiger partial charge < -0.3 is 16.3 Å². The summed E-state index contributed by atoms with van der Waals surface area (Å²) in [6.07, 6.45) is -3.75. The van der Waals surface area contributed by atoms with Crippen LogP contribution in [0.2, 0.25) is 0 Å². The summed E-state index contributed by atoms with van der Waals surface area (Å²) in [6.45, 7) is 1.79. The zero-order valence-corrected chi connectivity index (χ0v) is 10.7. The van der Waals surface area contributed by atoms with Crippen molar-refractivity contribution in [3.05, 3.63) is 29.3 Å². The molecule has 0 atom stereocenters. The van der Waals surface area contributed by atoms with Crippen LogP contribution in [0.5, 0.6) is 0 Å². The van der Waals surface area contributed by atoms with Crippen LogP contribution in [0.1, 0.15) is 30.9 Å². The summed E-state index contributed by atoms with van der Waals surface area (Å²) in [5, 5.41) is 13.7. The van der Waals surface area contributed by atoms with Gasteiger partial charge in [-0.1, -0.05) is 12.1 Å². The first-order valence-corrected chi connectivity index (χ1v) is 5.78. The van der Waals surface area contributed by atoms with Gasteiger partial charge in [-0.15, -0.1) is 0 Å². The third-order valence-corrected chi connectivity index (χ3v) is 2.48. The SMILES string of the molecule is CCCC(=O)Nc1ccc(C(F)(F)F)cc1/C(N)=N/O. The van der Waals surface area contributed by atoms with Crippen molar-refractivity contribution in [1.29, 1.82) is 0 Å². The predicted molar refractivity (Wildman–Crippen MR) is 67.5 cm³/mol. The van der Waals surface area contributed by atoms with Gasteiger partial charge in [-0.25, -0.2) is 0 Å². The number of alkyl halides is 3. The summed E-state index contributed by atoms with van der Waals surface area (Å²) in [4.78, 5) is 11.5. The topological polar surface area (TPSA) is 87.7 Å². The summed E-state index contributed by atoms with van der Waals surface area (Å²) < 4.78 is 37.9. The van der Waals surface area contributed by atoms with Gasteiger partial charge in [0.2, 0.25) is 5.91 Å². The lowest BCUT2D eigenvalue weighted by molar-refractivity contribution is -0.137. The third kappa shape index (κ3) is 3.87. The van der Waals surface area contributed by atoms with Crippen molar-refractivity contribution in [2.75, 3.05) is 5.32 Å². The van der Waals surface area contributed by atoms with Gasteiger partial charge in [0.1, 0.15) is 0 Å². The number of benzene rings is 1. The molecule has 20 heavy (non-hydrogen) atoms. The van der Waals surface area contributed by atoms with Gasteiger partial charge in [-0.3, -0.25) is 4.79 Å². The number of amides is 1. The Morgan fingerprint density at radius 1 is 1.45 bits per heavy atom. The molecule has 0 radical (unpaired) electrons. The molecule has 0 spiro atoms. The van der Waals surface area contributed by atoms with Gasteiger partial charge in [0.25, 0.3) is 0 Å². The molecular weight excluding hydrogens is 275 g/mol. The maximum Gasteiger partial charge on any atom is 0.416 e. The summed E-state index contributed by atoms with van der Waals surface area (Å²) in [5.41, 5.74) is 4.26. The smallest absolute Gasteiger partial charge is 0.409 e. The number of nitrogens with two attached hydrogens (primary N) is 1. The number of nitrogens with zero attached hydrogens (tertiary/aromatic N) is 1. The molecule has 0 aromatic heterocycles. The molecule has 110 valence electrons. The normalized spacial score (nSPS) is 12.3. The summed E-state index contributed by atoms with van der Waals surface area (Å²) in [6, 6.07) is 2.61. The van der Waals surface area contributed by atoms with Gasteiger partial charge in [-0.2, -0.15) is 13.2 Å². The molecule has 0 unspecified atom stereocenters. The average molecular weight is 289 g/mol. The number of halogens is 3. The molecule has 1 amide bonds. The first-order valence-electron chi connectivity index (χ1n) is 5.78. The number of carbonyl (C=O) groups is 1. The molecule has 5 nitrogen and oxygen atoms in total. The van der Waals surface area contributed by atoms with Crippen LogP contribution in [-0.4, -0.2) is 17.0 Å². The zero-order valence-electron chi connectivity index (χ0n) is 10.7. The zero-order chi connectivity index (χ0) is 15.3. The fourth-order valence-electron chi connectivity index (χ4n) is 1.54. The molecule has 0 aliphatic carbocycles. The van der Waals surface area contributed by atoms with E-state index in [2.05, 4.69) is 10.5 Å². The molecule has 0 bridgehead atoms. The van der Waals surface area contributed by atoms with Crippen molar-refractivity contribution in [3.63, 3.8) is 0 Å². The molecule has 1 aromatic rings. The molecule has 1 aromatic carbocycles. The van der Waals surface area contributed by atoms with Crippen LogP contribution < -0.4 is 11.1 Å². The second-order valence-electron chi connectivity index (χ2n) is 4.04. The van der Waals surface area contributed by atoms with Crippen LogP contribution in [-0.2, 0) is 11.0 Å². The van der Waals surface area contributed by atoms with Crippen LogP contribution in [0.25, 0.3) is 0 Å². The highest BCUT2D eigenvalue weighted by Gasteiger charge is 2.31. The summed E-state index contributed by atoms with van der Waals surface area (Å²) >= 11 is 0. The van der Waals surface area contributed by atoms with Crippen LogP contribution >= 0.6 is 0 Å². The van der Waals surface area contributed by atoms with Crippen molar-refractivity contribution in [2.24, 2.45) is 10.9 Å². The minimum atomic E-state index is -4.56. The first-order chi connectivity index (χ1) is 9.29. The number of rotatable bonds is 4. The highest BCUT2D eigenvalue weighted by atomic mass is 19.4. The van der Waals surface area contributed by atoms with E-state index in [-0.39, 0.29) is 23.6 Å². The Labute approximate surface area is 113 Å². The molecule has 1 rings (SSSR count). The molecule has 0 aliphatic rings. The molecule has 0 saturated carbocycles. The number of hydrogen-bond donors (Lipinski definition) is 3. The number of oxime groups is 1. The second kappa shape index (κ2) is 6.27. The van der Waals surface area contributed by atoms with E-state index in [9.17, 15) is 18.0 Å². The lowest BCUT2D eigenvalue weighted by atomic mass is 10.1. The quantitative estimate of drug-likeness (QED) is 0.344. The van der Waals surface area contributed by atoms with E-state index in [0.29, 0.717) is 6.42 Å². The fraction of sp³-hybridized carbons (Fsp3) is 0.333. The summed E-state index contributed by atoms with van der Waals surface area (Å²) in [5.74, 6) is -0.873. The number of amidine groups is 1. The van der Waals surface area contributed by atoms with Crippen molar-refractivity contribution in [2.45, 2.75) is 25.9 Å². The fourth-order valence-corrected chi connectivity index (χ4v) is 1.54. The van der Waals surface area contributed by atoms with Gasteiger partial charge in [0.05, 0.1) is 11.3 Å². The number of hydrogen-bond acceptors (Lipinski definition) is 3. The van der Waals surface area contributed by atoms with E-state index >= 15 is 0 Å². The molecule has 0 saturated heterocycles. The minimum Gasteiger partial charge on any atom is -0.409 e. The van der Waals surface area contributed by atoms with E-state index in [1.807, 2.05) is 0 Å². The van der Waals surface area contributed by atoms with Gasteiger partial charge in [0, 0.05) is 12.0 Å². The predicted octanol–water partition coefficient (Wildman–Crippen LogP) is 2.54. The highest BCUT2D eigenvalue weighted by Crippen LogP contribution is 2.31. The average Bonchev–Trinajstić information content (AvgIpc) is 2.37. The first kappa shape index (κ1) is 15.8. The van der Waals surface area contributed by atoms with Crippen molar-refractivity contribution in [1.82, 2.24) is 0 Å². The molecule has 0 aliphatic heterocycles. The lowest BCUT2D eigenvalue weighted by Crippen LogP contribution is -2.20. The maximum atomic E-state index is 12.6. The number of nitrogens with one attached hydrogen (secondary N) is 1. The second-order valence-corrected chi connectivity index (χ2v) is 4.04. The molecule has 0 fully saturated rings. The molecule has 8 heteroatoms. The number of anilines is 1. The van der Waals surface area contributed by atoms with E-state index < -0.39 is 17.6 Å². The summed E-state index contributed by atoms with van der Waals surface area (Å²) in [7, 11) is 0. The monoisotopic (exact) mass is 289 g/mol. The van der Waals surface area contributed by atoms with Gasteiger partial charge in [-0.05, 0) is 24.6 Å². The number of carbonyl (C=O) groups excluding carboxylic acids is 1. The van der Waals surface area contributed by atoms with Gasteiger partial charge >= 0.3 is 6.18 Å². The van der Waals surface area contributed by atoms with Crippen LogP contribution in [0.15, 0.2) is 23.4 Å². The van der Waals surface area contributed by atoms with Crippen molar-refractivity contribution < 1.29 is 23.2 Å². The van der Waals surface area contributed by atoms with Crippen LogP contribution in [0, 0.1) is 0 Å². The van der Waals surface area contributed by atoms with Gasteiger partial charge in [0.15, 0.2) is 5.84 Å². The molecule has 0 heterocycles. The Kier molecular flexibility index (Phi) is 4.95. The standard InChI is InChI=1S/C12H14F3N3O2/c1-2-3-10(19)17-9-5-4-7(12(13,14)15)6-8(9)11(16)18-20/h4-6,20H,2-3H2,1H3,(H2,16,18)(H,17,19). The van der Waals surface area contributed by atoms with E-state index in [1.165, 1.54) is 0 Å². The Morgan fingerprint density at radius 3 is 2.60 bits per heavy atom. The van der Waals surface area contributed by atoms with Crippen LogP contribution in [0.4, 0.5) is 18.9 Å². The Hall–Kier alpha value is -2.25. The van der Waals surface area contributed by atoms with Crippen molar-refractivity contribution in [3.8, 4) is 0 Å². The molecule has 4 N–H and O–H groups in total. The highest BCUT2D eigenvalue weighted by molar-refractivity contribution is 6.05. The van der Waals surface area contributed by atoms with Crippen molar-refractivity contribution >= 4 is 17.4 Å². The van der Waals surface area contributed by atoms with E-state index in [4.69, 9.17) is 10.9 Å². The largest absolute Gasteiger partial charge is 0.416 e. The van der Waals surface area contributed by atoms with E-state index in [1.54, 1.807) is 6.92 Å². The van der Waals surface area contributed by atoms with E-state index in [0.717, 1.165) is 18.2 Å². The maximum absolute atomic E-state index is 12.6. The Bertz CT molecular complexity index is 527. The molecular formula is C12H14F3N3O2. The Morgan fingerprint density at radius 2 is 2.10 bits per heavy atom. The van der Waals surface area contributed by atoms with Crippen LogP contribution in [0.3, 0.4) is 0 Å². The Balaban J connectivity index is 3.21. The minimum absolute atomic E-state index is 0.0618.